The summed E-state index contributed by atoms with van der Waals surface area (Å²) in [6.07, 6.45) is 0.323. The molecule has 0 spiro atoms. The van der Waals surface area contributed by atoms with Crippen molar-refractivity contribution in [2.75, 3.05) is 14.2 Å². The zero-order valence-corrected chi connectivity index (χ0v) is 14.2. The number of esters is 2. The molecule has 1 N–H and O–H groups in total. The number of ether oxygens (including phenoxy) is 3. The van der Waals surface area contributed by atoms with Gasteiger partial charge in [0.25, 0.3) is 0 Å². The molecule has 0 heterocycles. The Morgan fingerprint density at radius 3 is 2.52 bits per heavy atom. The van der Waals surface area contributed by atoms with Crippen LogP contribution in [0.3, 0.4) is 0 Å². The summed E-state index contributed by atoms with van der Waals surface area (Å²) in [6, 6.07) is 9.24. The van der Waals surface area contributed by atoms with Crippen LogP contribution in [0, 0.1) is 17.8 Å². The zero-order valence-electron chi connectivity index (χ0n) is 14.2. The lowest BCUT2D eigenvalue weighted by Gasteiger charge is -2.38. The van der Waals surface area contributed by atoms with Crippen LogP contribution >= 0.6 is 0 Å². The highest BCUT2D eigenvalue weighted by atomic mass is 16.6. The Bertz CT molecular complexity index is 675. The molecule has 3 aliphatic rings. The van der Waals surface area contributed by atoms with Gasteiger partial charge in [-0.2, -0.15) is 0 Å². The van der Waals surface area contributed by atoms with Crippen LogP contribution in [0.25, 0.3) is 0 Å². The number of methoxy groups -OCH3 is 2. The second-order valence-corrected chi connectivity index (χ2v) is 6.51. The number of benzene rings is 1. The third kappa shape index (κ3) is 2.94. The molecule has 3 saturated carbocycles. The molecule has 0 saturated heterocycles. The number of rotatable bonds is 5. The van der Waals surface area contributed by atoms with E-state index in [1.807, 2.05) is 30.3 Å². The van der Waals surface area contributed by atoms with Gasteiger partial charge in [-0.1, -0.05) is 30.3 Å². The molecule has 7 heteroatoms. The van der Waals surface area contributed by atoms with Gasteiger partial charge < -0.3 is 19.5 Å². The normalized spacial score (nSPS) is 29.3. The number of carbonyl (C=O) groups excluding carboxylic acids is 3. The second-order valence-electron chi connectivity index (χ2n) is 6.51. The summed E-state index contributed by atoms with van der Waals surface area (Å²) in [4.78, 5) is 36.6. The third-order valence-corrected chi connectivity index (χ3v) is 5.28. The lowest BCUT2D eigenvalue weighted by atomic mass is 9.69. The van der Waals surface area contributed by atoms with Crippen LogP contribution in [0.5, 0.6) is 0 Å². The Morgan fingerprint density at radius 1 is 1.16 bits per heavy atom. The minimum absolute atomic E-state index is 0.00553. The summed E-state index contributed by atoms with van der Waals surface area (Å²) in [5, 5.41) is 2.67. The minimum Gasteiger partial charge on any atom is -0.469 e. The number of alkyl carbamates (subject to hydrolysis) is 1. The lowest BCUT2D eigenvalue weighted by Crippen LogP contribution is -2.58. The van der Waals surface area contributed by atoms with E-state index in [1.165, 1.54) is 14.2 Å². The van der Waals surface area contributed by atoms with Gasteiger partial charge in [0.05, 0.1) is 20.1 Å². The first-order valence-electron chi connectivity index (χ1n) is 8.17. The summed E-state index contributed by atoms with van der Waals surface area (Å²) in [5.74, 6) is -1.62. The van der Waals surface area contributed by atoms with Crippen molar-refractivity contribution < 1.29 is 28.6 Å². The highest BCUT2D eigenvalue weighted by Gasteiger charge is 2.69. The first kappa shape index (κ1) is 17.3. The van der Waals surface area contributed by atoms with Gasteiger partial charge in [-0.05, 0) is 24.3 Å². The molecule has 4 atom stereocenters. The first-order valence-corrected chi connectivity index (χ1v) is 8.17. The molecule has 1 aromatic carbocycles. The summed E-state index contributed by atoms with van der Waals surface area (Å²) in [7, 11) is 2.59. The molecule has 1 aromatic rings. The molecule has 0 aromatic heterocycles. The SMILES string of the molecule is COC(=O)[C@@H]1[C@@H]2C[C@H]1[C@](NC(=O)OCc1ccccc1)(C(=O)OC)C2. The van der Waals surface area contributed by atoms with E-state index in [1.54, 1.807) is 0 Å². The van der Waals surface area contributed by atoms with Gasteiger partial charge in [0.1, 0.15) is 12.1 Å². The van der Waals surface area contributed by atoms with Crippen molar-refractivity contribution in [2.24, 2.45) is 17.8 Å². The van der Waals surface area contributed by atoms with Crippen molar-refractivity contribution in [3.63, 3.8) is 0 Å². The third-order valence-electron chi connectivity index (χ3n) is 5.28. The van der Waals surface area contributed by atoms with Crippen LogP contribution in [0.15, 0.2) is 30.3 Å². The fourth-order valence-electron chi connectivity index (χ4n) is 4.08. The molecule has 3 aliphatic carbocycles. The minimum atomic E-state index is -1.23. The van der Waals surface area contributed by atoms with Crippen LogP contribution in [-0.4, -0.2) is 37.8 Å². The van der Waals surface area contributed by atoms with Gasteiger partial charge in [0, 0.05) is 5.92 Å². The molecule has 1 amide bonds. The van der Waals surface area contributed by atoms with Gasteiger partial charge in [-0.3, -0.25) is 4.79 Å². The first-order chi connectivity index (χ1) is 12.0. The quantitative estimate of drug-likeness (QED) is 0.643. The average molecular weight is 347 g/mol. The number of amides is 1. The molecule has 2 bridgehead atoms. The Labute approximate surface area is 145 Å². The van der Waals surface area contributed by atoms with E-state index >= 15 is 0 Å². The maximum Gasteiger partial charge on any atom is 0.408 e. The zero-order chi connectivity index (χ0) is 18.0. The highest BCUT2D eigenvalue weighted by Crippen LogP contribution is 2.59. The molecule has 0 unspecified atom stereocenters. The van der Waals surface area contributed by atoms with Crippen molar-refractivity contribution >= 4 is 18.0 Å². The van der Waals surface area contributed by atoms with E-state index in [0.717, 1.165) is 5.56 Å². The maximum atomic E-state index is 12.4. The van der Waals surface area contributed by atoms with Crippen molar-refractivity contribution in [1.29, 1.82) is 0 Å². The van der Waals surface area contributed by atoms with Crippen LogP contribution in [0.2, 0.25) is 0 Å². The van der Waals surface area contributed by atoms with Gasteiger partial charge in [-0.15, -0.1) is 0 Å². The van der Waals surface area contributed by atoms with E-state index in [2.05, 4.69) is 5.32 Å². The van der Waals surface area contributed by atoms with Crippen LogP contribution in [0.4, 0.5) is 4.79 Å². The van der Waals surface area contributed by atoms with Crippen LogP contribution < -0.4 is 5.32 Å². The predicted octanol–water partition coefficient (Wildman–Crippen LogP) is 1.65. The van der Waals surface area contributed by atoms with E-state index in [4.69, 9.17) is 14.2 Å². The van der Waals surface area contributed by atoms with Crippen LogP contribution in [0.1, 0.15) is 18.4 Å². The second kappa shape index (κ2) is 6.74. The largest absolute Gasteiger partial charge is 0.469 e. The molecule has 134 valence electrons. The molecule has 0 radical (unpaired) electrons. The molecule has 0 aliphatic heterocycles. The van der Waals surface area contributed by atoms with Gasteiger partial charge in [0.2, 0.25) is 0 Å². The average Bonchev–Trinajstić information content (AvgIpc) is 3.14. The molecular formula is C18H21NO6. The number of nitrogens with one attached hydrogen (secondary N) is 1. The van der Waals surface area contributed by atoms with E-state index < -0.39 is 23.5 Å². The molecule has 25 heavy (non-hydrogen) atoms. The Morgan fingerprint density at radius 2 is 1.88 bits per heavy atom. The Hall–Kier alpha value is -2.57. The van der Waals surface area contributed by atoms with E-state index in [9.17, 15) is 14.4 Å². The van der Waals surface area contributed by atoms with Crippen molar-refractivity contribution in [1.82, 2.24) is 5.32 Å². The fraction of sp³-hybridized carbons (Fsp3) is 0.500. The van der Waals surface area contributed by atoms with E-state index in [0.29, 0.717) is 12.8 Å². The maximum absolute atomic E-state index is 12.4. The smallest absolute Gasteiger partial charge is 0.408 e. The summed E-state index contributed by atoms with van der Waals surface area (Å²) >= 11 is 0. The van der Waals surface area contributed by atoms with Gasteiger partial charge >= 0.3 is 18.0 Å². The number of hydrogen-bond donors (Lipinski definition) is 1. The molecule has 4 rings (SSSR count). The molecule has 3 fully saturated rings. The van der Waals surface area contributed by atoms with Gasteiger partial charge in [0.15, 0.2) is 0 Å². The predicted molar refractivity (Wildman–Crippen MR) is 86.2 cm³/mol. The van der Waals surface area contributed by atoms with Crippen molar-refractivity contribution in [3.8, 4) is 0 Å². The highest BCUT2D eigenvalue weighted by molar-refractivity contribution is 5.89. The number of hydrogen-bond acceptors (Lipinski definition) is 6. The topological polar surface area (TPSA) is 90.9 Å². The summed E-state index contributed by atoms with van der Waals surface area (Å²) in [6.45, 7) is 0.0957. The number of carbonyl (C=O) groups is 3. The van der Waals surface area contributed by atoms with Gasteiger partial charge in [-0.25, -0.2) is 9.59 Å². The molecule has 7 nitrogen and oxygen atoms in total. The number of fused-ring (bicyclic) bond motifs is 1. The van der Waals surface area contributed by atoms with E-state index in [-0.39, 0.29) is 24.4 Å². The Kier molecular flexibility index (Phi) is 4.65. The van der Waals surface area contributed by atoms with Crippen molar-refractivity contribution in [2.45, 2.75) is 25.0 Å². The van der Waals surface area contributed by atoms with Crippen molar-refractivity contribution in [3.05, 3.63) is 35.9 Å². The Balaban J connectivity index is 1.69. The monoisotopic (exact) mass is 347 g/mol. The fourth-order valence-corrected chi connectivity index (χ4v) is 4.08. The summed E-state index contributed by atoms with van der Waals surface area (Å²) < 4.78 is 14.9. The molecular weight excluding hydrogens is 326 g/mol. The van der Waals surface area contributed by atoms with Crippen LogP contribution in [-0.2, 0) is 30.4 Å². The summed E-state index contributed by atoms with van der Waals surface area (Å²) in [5.41, 5.74) is -0.389. The standard InChI is InChI=1S/C18H21NO6/c1-23-15(20)14-12-8-13(14)18(9-12,16(21)24-2)19-17(22)25-10-11-6-4-3-5-7-11/h3-7,12-14H,8-10H2,1-2H3,(H,19,22)/t12-,13-,14-,18+/m1/s1. The lowest BCUT2D eigenvalue weighted by molar-refractivity contribution is -0.157.